The highest BCUT2D eigenvalue weighted by Crippen LogP contribution is 2.20. The molecule has 2 aliphatic rings. The van der Waals surface area contributed by atoms with Crippen molar-refractivity contribution in [2.45, 2.75) is 51.0 Å². The SMILES string of the molecule is O=C(CC1=CCCCC1)NC[C@H]1CC(Cc2cccc(F)c2)=NO1. The third kappa shape index (κ3) is 4.91. The van der Waals surface area contributed by atoms with Gasteiger partial charge in [0.2, 0.25) is 5.91 Å². The van der Waals surface area contributed by atoms with Gasteiger partial charge in [-0.3, -0.25) is 4.79 Å². The highest BCUT2D eigenvalue weighted by molar-refractivity contribution is 5.87. The monoisotopic (exact) mass is 330 g/mol. The van der Waals surface area contributed by atoms with Crippen LogP contribution in [0.1, 0.15) is 44.1 Å². The zero-order chi connectivity index (χ0) is 16.8. The molecular formula is C19H23FN2O2. The summed E-state index contributed by atoms with van der Waals surface area (Å²) in [4.78, 5) is 17.4. The van der Waals surface area contributed by atoms with Crippen LogP contribution in [0.4, 0.5) is 4.39 Å². The summed E-state index contributed by atoms with van der Waals surface area (Å²) >= 11 is 0. The Balaban J connectivity index is 1.39. The standard InChI is InChI=1S/C19H23FN2O2/c20-16-8-4-7-15(9-16)10-17-12-18(24-22-17)13-21-19(23)11-14-5-2-1-3-6-14/h4-5,7-9,18H,1-3,6,10-13H2,(H,21,23)/t18-/m1/s1. The number of benzene rings is 1. The number of carbonyl (C=O) groups is 1. The first-order chi connectivity index (χ1) is 11.7. The predicted octanol–water partition coefficient (Wildman–Crippen LogP) is 3.52. The van der Waals surface area contributed by atoms with Gasteiger partial charge in [0.05, 0.1) is 12.3 Å². The molecule has 0 unspecified atom stereocenters. The van der Waals surface area contributed by atoms with Crippen molar-refractivity contribution in [3.05, 3.63) is 47.3 Å². The molecular weight excluding hydrogens is 307 g/mol. The van der Waals surface area contributed by atoms with E-state index in [1.165, 1.54) is 30.5 Å². The van der Waals surface area contributed by atoms with E-state index in [0.717, 1.165) is 24.1 Å². The van der Waals surface area contributed by atoms with E-state index in [1.54, 1.807) is 6.07 Å². The van der Waals surface area contributed by atoms with Crippen LogP contribution >= 0.6 is 0 Å². The minimum absolute atomic E-state index is 0.0466. The van der Waals surface area contributed by atoms with Gasteiger partial charge in [0.1, 0.15) is 11.9 Å². The Bertz CT molecular complexity index is 655. The summed E-state index contributed by atoms with van der Waals surface area (Å²) in [7, 11) is 0. The van der Waals surface area contributed by atoms with E-state index in [1.807, 2.05) is 6.07 Å². The van der Waals surface area contributed by atoms with Crippen molar-refractivity contribution in [1.82, 2.24) is 5.32 Å². The number of hydrogen-bond donors (Lipinski definition) is 1. The molecule has 3 rings (SSSR count). The fourth-order valence-corrected chi connectivity index (χ4v) is 3.14. The second-order valence-corrected chi connectivity index (χ2v) is 6.48. The molecule has 1 aromatic carbocycles. The maximum absolute atomic E-state index is 13.2. The molecule has 1 aliphatic carbocycles. The summed E-state index contributed by atoms with van der Waals surface area (Å²) < 4.78 is 13.2. The highest BCUT2D eigenvalue weighted by Gasteiger charge is 2.22. The molecule has 1 N–H and O–H groups in total. The number of nitrogens with one attached hydrogen (secondary N) is 1. The molecule has 0 spiro atoms. The molecule has 1 aromatic rings. The quantitative estimate of drug-likeness (QED) is 0.811. The fourth-order valence-electron chi connectivity index (χ4n) is 3.14. The smallest absolute Gasteiger partial charge is 0.224 e. The van der Waals surface area contributed by atoms with Crippen molar-refractivity contribution >= 4 is 11.6 Å². The van der Waals surface area contributed by atoms with E-state index in [-0.39, 0.29) is 17.8 Å². The van der Waals surface area contributed by atoms with Gasteiger partial charge in [-0.1, -0.05) is 28.9 Å². The van der Waals surface area contributed by atoms with Gasteiger partial charge in [0, 0.05) is 19.3 Å². The van der Waals surface area contributed by atoms with Gasteiger partial charge in [0.15, 0.2) is 0 Å². The van der Waals surface area contributed by atoms with E-state index >= 15 is 0 Å². The number of nitrogens with zero attached hydrogens (tertiary/aromatic N) is 1. The minimum atomic E-state index is -0.243. The second kappa shape index (κ2) is 8.08. The summed E-state index contributed by atoms with van der Waals surface area (Å²) in [6.07, 6.45) is 8.33. The van der Waals surface area contributed by atoms with Crippen LogP contribution < -0.4 is 5.32 Å². The van der Waals surface area contributed by atoms with Gasteiger partial charge in [-0.05, 0) is 43.4 Å². The van der Waals surface area contributed by atoms with Crippen LogP contribution in [-0.2, 0) is 16.1 Å². The highest BCUT2D eigenvalue weighted by atomic mass is 19.1. The van der Waals surface area contributed by atoms with Gasteiger partial charge >= 0.3 is 0 Å². The maximum atomic E-state index is 13.2. The van der Waals surface area contributed by atoms with E-state index in [9.17, 15) is 9.18 Å². The third-order valence-corrected chi connectivity index (χ3v) is 4.39. The summed E-state index contributed by atoms with van der Waals surface area (Å²) in [6, 6.07) is 6.50. The first-order valence-electron chi connectivity index (χ1n) is 8.59. The number of oxime groups is 1. The lowest BCUT2D eigenvalue weighted by Gasteiger charge is -2.14. The molecule has 5 heteroatoms. The van der Waals surface area contributed by atoms with E-state index in [0.29, 0.717) is 25.8 Å². The molecule has 24 heavy (non-hydrogen) atoms. The van der Waals surface area contributed by atoms with Crippen LogP contribution in [-0.4, -0.2) is 24.3 Å². The van der Waals surface area contributed by atoms with Crippen LogP contribution in [0.5, 0.6) is 0 Å². The molecule has 0 saturated carbocycles. The summed E-state index contributed by atoms with van der Waals surface area (Å²) in [5, 5.41) is 6.99. The predicted molar refractivity (Wildman–Crippen MR) is 91.2 cm³/mol. The van der Waals surface area contributed by atoms with Crippen LogP contribution in [0.25, 0.3) is 0 Å². The van der Waals surface area contributed by atoms with Gasteiger partial charge in [-0.2, -0.15) is 0 Å². The van der Waals surface area contributed by atoms with Gasteiger partial charge in [-0.25, -0.2) is 4.39 Å². The van der Waals surface area contributed by atoms with Gasteiger partial charge in [-0.15, -0.1) is 0 Å². The third-order valence-electron chi connectivity index (χ3n) is 4.39. The molecule has 0 bridgehead atoms. The number of allylic oxidation sites excluding steroid dienone is 1. The normalized spacial score (nSPS) is 20.1. The summed E-state index contributed by atoms with van der Waals surface area (Å²) in [6.45, 7) is 0.461. The molecule has 1 heterocycles. The Labute approximate surface area is 141 Å². The van der Waals surface area contributed by atoms with Crippen molar-refractivity contribution in [1.29, 1.82) is 0 Å². The minimum Gasteiger partial charge on any atom is -0.390 e. The molecule has 0 fully saturated rings. The number of carbonyl (C=O) groups excluding carboxylic acids is 1. The molecule has 1 amide bonds. The summed E-state index contributed by atoms with van der Waals surface area (Å²) in [5.74, 6) is -0.196. The van der Waals surface area contributed by atoms with Crippen LogP contribution in [0, 0.1) is 5.82 Å². The van der Waals surface area contributed by atoms with Gasteiger partial charge < -0.3 is 10.2 Å². The van der Waals surface area contributed by atoms with Gasteiger partial charge in [0.25, 0.3) is 0 Å². The Morgan fingerprint density at radius 1 is 1.38 bits per heavy atom. The Morgan fingerprint density at radius 2 is 2.29 bits per heavy atom. The van der Waals surface area contributed by atoms with E-state index in [4.69, 9.17) is 4.84 Å². The largest absolute Gasteiger partial charge is 0.390 e. The van der Waals surface area contributed by atoms with Crippen LogP contribution in [0.3, 0.4) is 0 Å². The lowest BCUT2D eigenvalue weighted by Crippen LogP contribution is -2.32. The first-order valence-corrected chi connectivity index (χ1v) is 8.59. The molecule has 128 valence electrons. The zero-order valence-corrected chi connectivity index (χ0v) is 13.8. The average molecular weight is 330 g/mol. The molecule has 4 nitrogen and oxygen atoms in total. The van der Waals surface area contributed by atoms with E-state index in [2.05, 4.69) is 16.5 Å². The summed E-state index contributed by atoms with van der Waals surface area (Å²) in [5.41, 5.74) is 3.01. The van der Waals surface area contributed by atoms with Crippen molar-refractivity contribution in [2.75, 3.05) is 6.54 Å². The lowest BCUT2D eigenvalue weighted by atomic mass is 9.97. The van der Waals surface area contributed by atoms with Crippen molar-refractivity contribution in [3.8, 4) is 0 Å². The topological polar surface area (TPSA) is 50.7 Å². The van der Waals surface area contributed by atoms with E-state index < -0.39 is 0 Å². The number of halogens is 1. The second-order valence-electron chi connectivity index (χ2n) is 6.48. The Hall–Kier alpha value is -2.17. The van der Waals surface area contributed by atoms with Crippen molar-refractivity contribution < 1.29 is 14.0 Å². The number of rotatable bonds is 6. The number of hydrogen-bond acceptors (Lipinski definition) is 3. The first kappa shape index (κ1) is 16.7. The molecule has 0 radical (unpaired) electrons. The Morgan fingerprint density at radius 3 is 3.08 bits per heavy atom. The van der Waals surface area contributed by atoms with Crippen LogP contribution in [0.2, 0.25) is 0 Å². The molecule has 0 aromatic heterocycles. The van der Waals surface area contributed by atoms with Crippen molar-refractivity contribution in [3.63, 3.8) is 0 Å². The number of amides is 1. The average Bonchev–Trinajstić information content (AvgIpc) is 3.01. The molecule has 1 aliphatic heterocycles. The fraction of sp³-hybridized carbons (Fsp3) is 0.474. The molecule has 0 saturated heterocycles. The van der Waals surface area contributed by atoms with Crippen molar-refractivity contribution in [2.24, 2.45) is 5.16 Å². The maximum Gasteiger partial charge on any atom is 0.224 e. The Kier molecular flexibility index (Phi) is 5.62. The molecule has 1 atom stereocenters. The zero-order valence-electron chi connectivity index (χ0n) is 13.8. The lowest BCUT2D eigenvalue weighted by molar-refractivity contribution is -0.121. The van der Waals surface area contributed by atoms with Crippen LogP contribution in [0.15, 0.2) is 41.1 Å².